The SMILES string of the molecule is COc1cccc(NC(=O)C2CCN(C(=O)c3ccccc3)CC2)c1. The Morgan fingerprint density at radius 2 is 1.76 bits per heavy atom. The Morgan fingerprint density at radius 1 is 1.04 bits per heavy atom. The van der Waals surface area contributed by atoms with Crippen molar-refractivity contribution in [1.82, 2.24) is 4.90 Å². The van der Waals surface area contributed by atoms with Gasteiger partial charge in [0.25, 0.3) is 5.91 Å². The van der Waals surface area contributed by atoms with Crippen molar-refractivity contribution in [3.05, 3.63) is 60.2 Å². The number of rotatable bonds is 4. The number of nitrogens with one attached hydrogen (secondary N) is 1. The van der Waals surface area contributed by atoms with E-state index >= 15 is 0 Å². The van der Waals surface area contributed by atoms with Gasteiger partial charge in [-0.2, -0.15) is 0 Å². The van der Waals surface area contributed by atoms with Crippen molar-refractivity contribution in [2.24, 2.45) is 5.92 Å². The summed E-state index contributed by atoms with van der Waals surface area (Å²) in [6, 6.07) is 16.6. The van der Waals surface area contributed by atoms with E-state index in [1.807, 2.05) is 53.4 Å². The molecule has 2 amide bonds. The number of likely N-dealkylation sites (tertiary alicyclic amines) is 1. The van der Waals surface area contributed by atoms with Gasteiger partial charge < -0.3 is 15.0 Å². The number of benzene rings is 2. The fraction of sp³-hybridized carbons (Fsp3) is 0.300. The standard InChI is InChI=1S/C20H22N2O3/c1-25-18-9-5-8-17(14-18)21-19(23)15-10-12-22(13-11-15)20(24)16-6-3-2-4-7-16/h2-9,14-15H,10-13H2,1H3,(H,21,23). The Kier molecular flexibility index (Phi) is 5.33. The molecule has 1 fully saturated rings. The van der Waals surface area contributed by atoms with Gasteiger partial charge in [-0.1, -0.05) is 24.3 Å². The minimum atomic E-state index is -0.0778. The molecule has 0 spiro atoms. The van der Waals surface area contributed by atoms with Crippen molar-refractivity contribution in [3.8, 4) is 5.75 Å². The molecule has 0 bridgehead atoms. The monoisotopic (exact) mass is 338 g/mol. The van der Waals surface area contributed by atoms with E-state index in [0.717, 1.165) is 5.69 Å². The second-order valence-electron chi connectivity index (χ2n) is 6.15. The lowest BCUT2D eigenvalue weighted by molar-refractivity contribution is -0.121. The van der Waals surface area contributed by atoms with E-state index in [-0.39, 0.29) is 17.7 Å². The largest absolute Gasteiger partial charge is 0.497 e. The first kappa shape index (κ1) is 17.0. The molecule has 0 aliphatic carbocycles. The summed E-state index contributed by atoms with van der Waals surface area (Å²) in [4.78, 5) is 26.7. The summed E-state index contributed by atoms with van der Waals surface area (Å²) >= 11 is 0. The van der Waals surface area contributed by atoms with E-state index in [2.05, 4.69) is 5.32 Å². The minimum absolute atomic E-state index is 0.0000585. The molecular weight excluding hydrogens is 316 g/mol. The third kappa shape index (κ3) is 4.18. The van der Waals surface area contributed by atoms with Gasteiger partial charge in [-0.15, -0.1) is 0 Å². The van der Waals surface area contributed by atoms with Crippen molar-refractivity contribution in [2.45, 2.75) is 12.8 Å². The number of methoxy groups -OCH3 is 1. The number of carbonyl (C=O) groups is 2. The van der Waals surface area contributed by atoms with Gasteiger partial charge in [-0.25, -0.2) is 0 Å². The van der Waals surface area contributed by atoms with Crippen LogP contribution in [0.4, 0.5) is 5.69 Å². The Labute approximate surface area is 147 Å². The zero-order chi connectivity index (χ0) is 17.6. The number of hydrogen-bond donors (Lipinski definition) is 1. The maximum absolute atomic E-state index is 12.5. The molecule has 1 heterocycles. The summed E-state index contributed by atoms with van der Waals surface area (Å²) in [5, 5.41) is 2.94. The Balaban J connectivity index is 1.55. The van der Waals surface area contributed by atoms with E-state index < -0.39 is 0 Å². The molecule has 0 saturated carbocycles. The average Bonchev–Trinajstić information content (AvgIpc) is 2.68. The molecule has 3 rings (SSSR count). The summed E-state index contributed by atoms with van der Waals surface area (Å²) in [5.74, 6) is 0.666. The summed E-state index contributed by atoms with van der Waals surface area (Å²) < 4.78 is 5.17. The summed E-state index contributed by atoms with van der Waals surface area (Å²) in [6.45, 7) is 1.20. The molecule has 1 aliphatic heterocycles. The first-order valence-electron chi connectivity index (χ1n) is 8.46. The molecule has 2 aromatic carbocycles. The van der Waals surface area contributed by atoms with Crippen LogP contribution in [-0.4, -0.2) is 36.9 Å². The van der Waals surface area contributed by atoms with Gasteiger partial charge in [0.1, 0.15) is 5.75 Å². The number of piperidine rings is 1. The van der Waals surface area contributed by atoms with Crippen molar-refractivity contribution in [1.29, 1.82) is 0 Å². The highest BCUT2D eigenvalue weighted by Crippen LogP contribution is 2.22. The lowest BCUT2D eigenvalue weighted by Gasteiger charge is -2.31. The highest BCUT2D eigenvalue weighted by Gasteiger charge is 2.27. The van der Waals surface area contributed by atoms with Crippen LogP contribution >= 0.6 is 0 Å². The summed E-state index contributed by atoms with van der Waals surface area (Å²) in [5.41, 5.74) is 1.42. The maximum atomic E-state index is 12.5. The summed E-state index contributed by atoms with van der Waals surface area (Å²) in [6.07, 6.45) is 1.35. The van der Waals surface area contributed by atoms with E-state index in [9.17, 15) is 9.59 Å². The third-order valence-corrected chi connectivity index (χ3v) is 4.51. The lowest BCUT2D eigenvalue weighted by atomic mass is 9.95. The fourth-order valence-corrected chi connectivity index (χ4v) is 3.05. The van der Waals surface area contributed by atoms with Gasteiger partial charge in [0.2, 0.25) is 5.91 Å². The molecular formula is C20H22N2O3. The zero-order valence-electron chi connectivity index (χ0n) is 14.3. The van der Waals surface area contributed by atoms with E-state index in [0.29, 0.717) is 37.2 Å². The van der Waals surface area contributed by atoms with Gasteiger partial charge in [0, 0.05) is 36.3 Å². The maximum Gasteiger partial charge on any atom is 0.253 e. The first-order valence-corrected chi connectivity index (χ1v) is 8.46. The molecule has 2 aromatic rings. The number of anilines is 1. The number of nitrogens with zero attached hydrogens (tertiary/aromatic N) is 1. The zero-order valence-corrected chi connectivity index (χ0v) is 14.3. The van der Waals surface area contributed by atoms with Gasteiger partial charge in [0.15, 0.2) is 0 Å². The molecule has 0 atom stereocenters. The Bertz CT molecular complexity index is 738. The normalized spacial score (nSPS) is 14.8. The molecule has 1 aliphatic rings. The Hall–Kier alpha value is -2.82. The van der Waals surface area contributed by atoms with Crippen molar-refractivity contribution < 1.29 is 14.3 Å². The number of ether oxygens (including phenoxy) is 1. The molecule has 1 N–H and O–H groups in total. The molecule has 130 valence electrons. The van der Waals surface area contributed by atoms with E-state index in [1.165, 1.54) is 0 Å². The quantitative estimate of drug-likeness (QED) is 0.931. The third-order valence-electron chi connectivity index (χ3n) is 4.51. The number of carbonyl (C=O) groups excluding carboxylic acids is 2. The van der Waals surface area contributed by atoms with Crippen LogP contribution in [0.15, 0.2) is 54.6 Å². The van der Waals surface area contributed by atoms with Crippen LogP contribution in [-0.2, 0) is 4.79 Å². The van der Waals surface area contributed by atoms with Crippen molar-refractivity contribution >= 4 is 17.5 Å². The fourth-order valence-electron chi connectivity index (χ4n) is 3.05. The highest BCUT2D eigenvalue weighted by molar-refractivity contribution is 5.95. The van der Waals surface area contributed by atoms with Crippen LogP contribution in [0.25, 0.3) is 0 Å². The van der Waals surface area contributed by atoms with Crippen LogP contribution < -0.4 is 10.1 Å². The molecule has 1 saturated heterocycles. The molecule has 5 nitrogen and oxygen atoms in total. The van der Waals surface area contributed by atoms with Crippen LogP contribution in [0.1, 0.15) is 23.2 Å². The van der Waals surface area contributed by atoms with E-state index in [1.54, 1.807) is 13.2 Å². The molecule has 0 unspecified atom stereocenters. The molecule has 0 aromatic heterocycles. The van der Waals surface area contributed by atoms with Gasteiger partial charge in [0.05, 0.1) is 7.11 Å². The number of amides is 2. The lowest BCUT2D eigenvalue weighted by Crippen LogP contribution is -2.41. The van der Waals surface area contributed by atoms with Crippen LogP contribution in [0.3, 0.4) is 0 Å². The van der Waals surface area contributed by atoms with E-state index in [4.69, 9.17) is 4.74 Å². The first-order chi connectivity index (χ1) is 12.2. The van der Waals surface area contributed by atoms with Crippen LogP contribution in [0.2, 0.25) is 0 Å². The van der Waals surface area contributed by atoms with Gasteiger partial charge >= 0.3 is 0 Å². The second-order valence-corrected chi connectivity index (χ2v) is 6.15. The highest BCUT2D eigenvalue weighted by atomic mass is 16.5. The Morgan fingerprint density at radius 3 is 2.44 bits per heavy atom. The minimum Gasteiger partial charge on any atom is -0.497 e. The number of hydrogen-bond acceptors (Lipinski definition) is 3. The molecule has 25 heavy (non-hydrogen) atoms. The predicted octanol–water partition coefficient (Wildman–Crippen LogP) is 3.19. The van der Waals surface area contributed by atoms with Gasteiger partial charge in [-0.05, 0) is 37.1 Å². The van der Waals surface area contributed by atoms with Gasteiger partial charge in [-0.3, -0.25) is 9.59 Å². The van der Waals surface area contributed by atoms with Crippen molar-refractivity contribution in [3.63, 3.8) is 0 Å². The molecule has 5 heteroatoms. The topological polar surface area (TPSA) is 58.6 Å². The second kappa shape index (κ2) is 7.83. The molecule has 0 radical (unpaired) electrons. The van der Waals surface area contributed by atoms with Crippen LogP contribution in [0.5, 0.6) is 5.75 Å². The van der Waals surface area contributed by atoms with Crippen LogP contribution in [0, 0.1) is 5.92 Å². The average molecular weight is 338 g/mol. The van der Waals surface area contributed by atoms with Crippen molar-refractivity contribution in [2.75, 3.05) is 25.5 Å². The smallest absolute Gasteiger partial charge is 0.253 e. The summed E-state index contributed by atoms with van der Waals surface area (Å²) in [7, 11) is 1.60. The predicted molar refractivity (Wildman–Crippen MR) is 96.7 cm³/mol.